The molecule has 1 saturated heterocycles. The van der Waals surface area contributed by atoms with Gasteiger partial charge in [-0.2, -0.15) is 0 Å². The Morgan fingerprint density at radius 2 is 2.20 bits per heavy atom. The number of fused-ring (bicyclic) bond motifs is 1. The van der Waals surface area contributed by atoms with E-state index in [0.717, 1.165) is 0 Å². The van der Waals surface area contributed by atoms with Crippen molar-refractivity contribution < 1.29 is 24.9 Å². The highest BCUT2D eigenvalue weighted by Crippen LogP contribution is 2.49. The molecule has 15 heavy (non-hydrogen) atoms. The summed E-state index contributed by atoms with van der Waals surface area (Å²) in [5.74, 6) is -1.77. The van der Waals surface area contributed by atoms with Gasteiger partial charge in [-0.3, -0.25) is 4.79 Å². The monoisotopic (exact) mass is 216 g/mol. The molecule has 5 unspecified atom stereocenters. The van der Waals surface area contributed by atoms with Crippen LogP contribution < -0.4 is 0 Å². The molecule has 0 aromatic heterocycles. The first-order valence-electron chi connectivity index (χ1n) is 5.19. The minimum Gasteiger partial charge on any atom is -0.462 e. The van der Waals surface area contributed by atoms with E-state index in [1.165, 1.54) is 0 Å². The molecule has 5 nitrogen and oxygen atoms in total. The minimum atomic E-state index is -1.30. The summed E-state index contributed by atoms with van der Waals surface area (Å²) >= 11 is 0. The average Bonchev–Trinajstić information content (AvgIpc) is 2.63. The number of hydrogen-bond donors (Lipinski definition) is 3. The van der Waals surface area contributed by atoms with Crippen LogP contribution in [0, 0.1) is 17.8 Å². The average molecular weight is 216 g/mol. The van der Waals surface area contributed by atoms with Gasteiger partial charge in [0.25, 0.3) is 0 Å². The van der Waals surface area contributed by atoms with Gasteiger partial charge in [0.1, 0.15) is 6.10 Å². The largest absolute Gasteiger partial charge is 0.462 e. The minimum absolute atomic E-state index is 0.125. The van der Waals surface area contributed by atoms with Crippen LogP contribution in [0.2, 0.25) is 0 Å². The van der Waals surface area contributed by atoms with Gasteiger partial charge in [0.2, 0.25) is 0 Å². The van der Waals surface area contributed by atoms with Gasteiger partial charge in [-0.25, -0.2) is 0 Å². The van der Waals surface area contributed by atoms with Crippen molar-refractivity contribution in [3.8, 4) is 0 Å². The number of esters is 1. The highest BCUT2D eigenvalue weighted by molar-refractivity contribution is 5.76. The fourth-order valence-electron chi connectivity index (χ4n) is 2.91. The maximum absolute atomic E-state index is 11.4. The van der Waals surface area contributed by atoms with Crippen LogP contribution in [0.15, 0.2) is 0 Å². The van der Waals surface area contributed by atoms with E-state index in [4.69, 9.17) is 9.84 Å². The topological polar surface area (TPSA) is 87.0 Å². The molecule has 2 fully saturated rings. The van der Waals surface area contributed by atoms with Crippen molar-refractivity contribution in [1.82, 2.24) is 0 Å². The van der Waals surface area contributed by atoms with Crippen molar-refractivity contribution in [1.29, 1.82) is 0 Å². The smallest absolute Gasteiger partial charge is 0.312 e. The van der Waals surface area contributed by atoms with Crippen molar-refractivity contribution >= 4 is 5.97 Å². The molecule has 1 saturated carbocycles. The standard InChI is InChI=1S/C10H16O5/c1-5-2-7-8(10(5,14)4-12)6(3-11)9(13)15-7/h5-8,11-12,14H,2-4H2,1H3. The summed E-state index contributed by atoms with van der Waals surface area (Å²) in [6.45, 7) is 1.08. The Hall–Kier alpha value is -0.650. The van der Waals surface area contributed by atoms with E-state index >= 15 is 0 Å². The Labute approximate surface area is 87.7 Å². The Balaban J connectivity index is 2.31. The number of aliphatic hydroxyl groups is 3. The van der Waals surface area contributed by atoms with Crippen LogP contribution in [0.4, 0.5) is 0 Å². The lowest BCUT2D eigenvalue weighted by Gasteiger charge is -2.32. The molecule has 0 aromatic carbocycles. The zero-order chi connectivity index (χ0) is 11.2. The van der Waals surface area contributed by atoms with E-state index in [1.54, 1.807) is 0 Å². The van der Waals surface area contributed by atoms with Crippen molar-refractivity contribution in [3.05, 3.63) is 0 Å². The third-order valence-electron chi connectivity index (χ3n) is 3.87. The zero-order valence-electron chi connectivity index (χ0n) is 8.59. The van der Waals surface area contributed by atoms with Crippen LogP contribution in [0.3, 0.4) is 0 Å². The molecule has 5 heteroatoms. The number of ether oxygens (including phenoxy) is 1. The third-order valence-corrected chi connectivity index (χ3v) is 3.87. The van der Waals surface area contributed by atoms with E-state index in [0.29, 0.717) is 6.42 Å². The van der Waals surface area contributed by atoms with Crippen molar-refractivity contribution in [2.45, 2.75) is 25.0 Å². The highest BCUT2D eigenvalue weighted by Gasteiger charge is 2.61. The summed E-state index contributed by atoms with van der Waals surface area (Å²) in [6, 6.07) is 0. The van der Waals surface area contributed by atoms with Gasteiger partial charge in [0, 0.05) is 5.92 Å². The van der Waals surface area contributed by atoms with E-state index in [-0.39, 0.29) is 18.6 Å². The van der Waals surface area contributed by atoms with E-state index < -0.39 is 30.0 Å². The summed E-state index contributed by atoms with van der Waals surface area (Å²) in [6.07, 6.45) is 0.186. The van der Waals surface area contributed by atoms with Crippen LogP contribution in [-0.2, 0) is 9.53 Å². The molecular formula is C10H16O5. The second kappa shape index (κ2) is 3.43. The van der Waals surface area contributed by atoms with Gasteiger partial charge in [0.05, 0.1) is 24.7 Å². The Bertz CT molecular complexity index is 279. The SMILES string of the molecule is CC1CC2OC(=O)C(CO)C2C1(O)CO. The molecule has 0 radical (unpaired) electrons. The lowest BCUT2D eigenvalue weighted by atomic mass is 9.79. The molecule has 0 amide bonds. The Morgan fingerprint density at radius 3 is 2.73 bits per heavy atom. The molecule has 86 valence electrons. The van der Waals surface area contributed by atoms with Gasteiger partial charge in [-0.05, 0) is 12.3 Å². The number of rotatable bonds is 2. The van der Waals surface area contributed by atoms with Crippen molar-refractivity contribution in [3.63, 3.8) is 0 Å². The molecule has 3 N–H and O–H groups in total. The van der Waals surface area contributed by atoms with Crippen LogP contribution in [-0.4, -0.2) is 46.2 Å². The second-order valence-corrected chi connectivity index (χ2v) is 4.58. The van der Waals surface area contributed by atoms with Crippen LogP contribution in [0.1, 0.15) is 13.3 Å². The highest BCUT2D eigenvalue weighted by atomic mass is 16.6. The summed E-state index contributed by atoms with van der Waals surface area (Å²) in [5, 5.41) is 28.6. The molecule has 2 aliphatic rings. The number of aliphatic hydroxyl groups excluding tert-OH is 2. The number of hydrogen-bond acceptors (Lipinski definition) is 5. The quantitative estimate of drug-likeness (QED) is 0.510. The molecule has 1 aliphatic heterocycles. The van der Waals surface area contributed by atoms with E-state index in [9.17, 15) is 15.0 Å². The van der Waals surface area contributed by atoms with Crippen LogP contribution >= 0.6 is 0 Å². The van der Waals surface area contributed by atoms with Gasteiger partial charge in [0.15, 0.2) is 0 Å². The van der Waals surface area contributed by atoms with Gasteiger partial charge >= 0.3 is 5.97 Å². The molecule has 5 atom stereocenters. The van der Waals surface area contributed by atoms with Gasteiger partial charge in [-0.1, -0.05) is 6.92 Å². The first-order chi connectivity index (χ1) is 7.04. The Kier molecular flexibility index (Phi) is 2.48. The summed E-state index contributed by atoms with van der Waals surface area (Å²) < 4.78 is 5.09. The predicted molar refractivity (Wildman–Crippen MR) is 49.8 cm³/mol. The lowest BCUT2D eigenvalue weighted by Crippen LogP contribution is -2.47. The third kappa shape index (κ3) is 1.30. The fourth-order valence-corrected chi connectivity index (χ4v) is 2.91. The predicted octanol–water partition coefficient (Wildman–Crippen LogP) is -1.10. The van der Waals surface area contributed by atoms with Crippen molar-refractivity contribution in [2.75, 3.05) is 13.2 Å². The molecule has 0 bridgehead atoms. The molecule has 1 heterocycles. The van der Waals surface area contributed by atoms with E-state index in [2.05, 4.69) is 0 Å². The number of carbonyl (C=O) groups excluding carboxylic acids is 1. The zero-order valence-corrected chi connectivity index (χ0v) is 8.59. The summed E-state index contributed by atoms with van der Waals surface area (Å²) in [5.41, 5.74) is -1.30. The van der Waals surface area contributed by atoms with Crippen LogP contribution in [0.25, 0.3) is 0 Å². The molecule has 2 rings (SSSR count). The first-order valence-corrected chi connectivity index (χ1v) is 5.19. The van der Waals surface area contributed by atoms with Crippen LogP contribution in [0.5, 0.6) is 0 Å². The van der Waals surface area contributed by atoms with Gasteiger partial charge < -0.3 is 20.1 Å². The summed E-state index contributed by atoms with van der Waals surface area (Å²) in [4.78, 5) is 11.4. The second-order valence-electron chi connectivity index (χ2n) is 4.58. The Morgan fingerprint density at radius 1 is 1.53 bits per heavy atom. The fraction of sp³-hybridized carbons (Fsp3) is 0.900. The molecular weight excluding hydrogens is 200 g/mol. The first kappa shape index (κ1) is 10.9. The molecule has 0 spiro atoms. The lowest BCUT2D eigenvalue weighted by molar-refractivity contribution is -0.146. The molecule has 1 aliphatic carbocycles. The van der Waals surface area contributed by atoms with Crippen molar-refractivity contribution in [2.24, 2.45) is 17.8 Å². The van der Waals surface area contributed by atoms with Gasteiger partial charge in [-0.15, -0.1) is 0 Å². The summed E-state index contributed by atoms with van der Waals surface area (Å²) in [7, 11) is 0. The normalized spacial score (nSPS) is 49.2. The van der Waals surface area contributed by atoms with E-state index in [1.807, 2.05) is 6.92 Å². The maximum Gasteiger partial charge on any atom is 0.312 e. The number of carbonyl (C=O) groups is 1. The molecule has 0 aromatic rings. The maximum atomic E-state index is 11.4.